The van der Waals surface area contributed by atoms with Gasteiger partial charge in [-0.1, -0.05) is 6.07 Å². The third-order valence-electron chi connectivity index (χ3n) is 4.47. The van der Waals surface area contributed by atoms with Crippen LogP contribution >= 0.6 is 11.3 Å². The second-order valence-corrected chi connectivity index (χ2v) is 7.29. The Labute approximate surface area is 163 Å². The number of thiophene rings is 1. The number of amides is 2. The molecule has 0 radical (unpaired) electrons. The molecule has 144 valence electrons. The molecule has 10 heteroatoms. The Bertz CT molecular complexity index is 977. The Morgan fingerprint density at radius 3 is 2.64 bits per heavy atom. The van der Waals surface area contributed by atoms with E-state index in [1.54, 1.807) is 12.1 Å². The Morgan fingerprint density at radius 2 is 1.96 bits per heavy atom. The van der Waals surface area contributed by atoms with Crippen molar-refractivity contribution in [2.75, 3.05) is 24.1 Å². The maximum Gasteiger partial charge on any atom is 0.323 e. The van der Waals surface area contributed by atoms with Crippen LogP contribution in [0.25, 0.3) is 10.6 Å². The minimum absolute atomic E-state index is 0.110. The third-order valence-corrected chi connectivity index (χ3v) is 5.36. The number of nitrogens with two attached hydrogens (primary N) is 1. The van der Waals surface area contributed by atoms with Gasteiger partial charge in [0.25, 0.3) is 0 Å². The summed E-state index contributed by atoms with van der Waals surface area (Å²) in [7, 11) is 0. The van der Waals surface area contributed by atoms with Crippen LogP contribution in [0.4, 0.5) is 25.1 Å². The molecule has 0 aliphatic carbocycles. The second kappa shape index (κ2) is 7.12. The van der Waals surface area contributed by atoms with E-state index < -0.39 is 23.7 Å². The maximum atomic E-state index is 14.4. The topological polar surface area (TPSA) is 97.0 Å². The molecular formula is C18H16F2N6OS. The van der Waals surface area contributed by atoms with Gasteiger partial charge in [0.05, 0.1) is 22.2 Å². The first-order valence-corrected chi connectivity index (χ1v) is 9.34. The summed E-state index contributed by atoms with van der Waals surface area (Å²) in [5, 5.41) is 4.52. The fourth-order valence-electron chi connectivity index (χ4n) is 2.84. The summed E-state index contributed by atoms with van der Waals surface area (Å²) >= 11 is 1.51. The number of halogens is 2. The van der Waals surface area contributed by atoms with E-state index in [0.717, 1.165) is 4.88 Å². The van der Waals surface area contributed by atoms with Crippen LogP contribution in [0.5, 0.6) is 0 Å². The van der Waals surface area contributed by atoms with E-state index in [-0.39, 0.29) is 18.9 Å². The molecule has 0 spiro atoms. The van der Waals surface area contributed by atoms with Gasteiger partial charge >= 0.3 is 12.0 Å². The van der Waals surface area contributed by atoms with Crippen molar-refractivity contribution in [1.82, 2.24) is 19.9 Å². The lowest BCUT2D eigenvalue weighted by Crippen LogP contribution is -2.57. The normalized spacial score (nSPS) is 14.6. The lowest BCUT2D eigenvalue weighted by atomic mass is 9.92. The van der Waals surface area contributed by atoms with E-state index in [0.29, 0.717) is 11.4 Å². The first-order chi connectivity index (χ1) is 13.4. The Kier molecular flexibility index (Phi) is 4.63. The van der Waals surface area contributed by atoms with Gasteiger partial charge in [0.1, 0.15) is 0 Å². The third kappa shape index (κ3) is 3.38. The molecule has 1 aliphatic heterocycles. The number of pyridine rings is 1. The van der Waals surface area contributed by atoms with Crippen molar-refractivity contribution in [2.24, 2.45) is 5.92 Å². The molecule has 3 aromatic heterocycles. The van der Waals surface area contributed by atoms with Gasteiger partial charge in [0.2, 0.25) is 0 Å². The summed E-state index contributed by atoms with van der Waals surface area (Å²) in [5.74, 6) is -4.57. The summed E-state index contributed by atoms with van der Waals surface area (Å²) in [4.78, 5) is 26.2. The highest BCUT2D eigenvalue weighted by molar-refractivity contribution is 7.13. The van der Waals surface area contributed by atoms with Crippen molar-refractivity contribution in [1.29, 1.82) is 0 Å². The van der Waals surface area contributed by atoms with Crippen LogP contribution in [0, 0.1) is 5.92 Å². The summed E-state index contributed by atoms with van der Waals surface area (Å²) in [6, 6.07) is 8.16. The molecule has 0 aromatic carbocycles. The van der Waals surface area contributed by atoms with Crippen molar-refractivity contribution < 1.29 is 13.6 Å². The zero-order chi connectivity index (χ0) is 19.7. The van der Waals surface area contributed by atoms with Gasteiger partial charge in [-0.15, -0.1) is 11.3 Å². The van der Waals surface area contributed by atoms with Gasteiger partial charge in [0.15, 0.2) is 11.6 Å². The predicted octanol–water partition coefficient (Wildman–Crippen LogP) is 3.44. The van der Waals surface area contributed by atoms with Crippen molar-refractivity contribution in [2.45, 2.75) is 5.92 Å². The van der Waals surface area contributed by atoms with E-state index in [1.807, 2.05) is 17.5 Å². The van der Waals surface area contributed by atoms with Gasteiger partial charge < -0.3 is 10.6 Å². The van der Waals surface area contributed by atoms with Gasteiger partial charge in [-0.3, -0.25) is 5.32 Å². The summed E-state index contributed by atoms with van der Waals surface area (Å²) in [5.41, 5.74) is 6.87. The Hall–Kier alpha value is -3.14. The molecule has 1 saturated heterocycles. The van der Waals surface area contributed by atoms with Crippen LogP contribution in [0.2, 0.25) is 0 Å². The molecule has 0 bridgehead atoms. The van der Waals surface area contributed by atoms with E-state index in [4.69, 9.17) is 5.73 Å². The molecule has 4 rings (SSSR count). The standard InChI is InChI=1S/C18H16F2N6OS/c19-18(20,16-22-6-2-7-23-16)11-9-26(10-11)17(27)25-15-12(21)4-5-13(24-15)14-3-1-8-28-14/h1-8,11H,9-10,21H2,(H,24,25,27). The number of carbonyl (C=O) groups is 1. The quantitative estimate of drug-likeness (QED) is 0.697. The monoisotopic (exact) mass is 402 g/mol. The number of nitrogens with zero attached hydrogens (tertiary/aromatic N) is 4. The molecule has 1 fully saturated rings. The number of nitrogen functional groups attached to an aromatic ring is 1. The van der Waals surface area contributed by atoms with Crippen molar-refractivity contribution in [3.05, 3.63) is 53.9 Å². The molecule has 0 atom stereocenters. The van der Waals surface area contributed by atoms with Crippen LogP contribution in [-0.2, 0) is 5.92 Å². The zero-order valence-electron chi connectivity index (χ0n) is 14.5. The van der Waals surface area contributed by atoms with Gasteiger partial charge in [-0.25, -0.2) is 19.7 Å². The zero-order valence-corrected chi connectivity index (χ0v) is 15.4. The highest BCUT2D eigenvalue weighted by Gasteiger charge is 2.51. The van der Waals surface area contributed by atoms with E-state index in [9.17, 15) is 13.6 Å². The number of nitrogens with one attached hydrogen (secondary N) is 1. The molecular weight excluding hydrogens is 386 g/mol. The second-order valence-electron chi connectivity index (χ2n) is 6.34. The van der Waals surface area contributed by atoms with E-state index in [1.165, 1.54) is 34.7 Å². The molecule has 0 unspecified atom stereocenters. The molecule has 2 amide bonds. The van der Waals surface area contributed by atoms with Crippen LogP contribution in [-0.4, -0.2) is 39.0 Å². The predicted molar refractivity (Wildman–Crippen MR) is 102 cm³/mol. The molecule has 4 heterocycles. The van der Waals surface area contributed by atoms with Crippen molar-refractivity contribution in [3.8, 4) is 10.6 Å². The fraction of sp³-hybridized carbons (Fsp3) is 0.222. The number of carbonyl (C=O) groups excluding carboxylic acids is 1. The van der Waals surface area contributed by atoms with Crippen LogP contribution < -0.4 is 11.1 Å². The number of alkyl halides is 2. The van der Waals surface area contributed by atoms with E-state index in [2.05, 4.69) is 20.3 Å². The molecule has 0 saturated carbocycles. The molecule has 7 nitrogen and oxygen atoms in total. The minimum Gasteiger partial charge on any atom is -0.396 e. The lowest BCUT2D eigenvalue weighted by Gasteiger charge is -2.42. The van der Waals surface area contributed by atoms with Crippen LogP contribution in [0.15, 0.2) is 48.1 Å². The number of anilines is 2. The first-order valence-electron chi connectivity index (χ1n) is 8.47. The minimum atomic E-state index is -3.20. The fourth-order valence-corrected chi connectivity index (χ4v) is 3.53. The Morgan fingerprint density at radius 1 is 1.21 bits per heavy atom. The summed E-state index contributed by atoms with van der Waals surface area (Å²) < 4.78 is 28.8. The number of likely N-dealkylation sites (tertiary alicyclic amines) is 1. The van der Waals surface area contributed by atoms with E-state index >= 15 is 0 Å². The highest BCUT2D eigenvalue weighted by atomic mass is 32.1. The lowest BCUT2D eigenvalue weighted by molar-refractivity contribution is -0.117. The first kappa shape index (κ1) is 18.2. The largest absolute Gasteiger partial charge is 0.396 e. The average molecular weight is 402 g/mol. The molecule has 3 aromatic rings. The number of hydrogen-bond acceptors (Lipinski definition) is 6. The van der Waals surface area contributed by atoms with Crippen LogP contribution in [0.1, 0.15) is 5.82 Å². The number of hydrogen-bond donors (Lipinski definition) is 2. The van der Waals surface area contributed by atoms with Gasteiger partial charge in [-0.05, 0) is 29.6 Å². The van der Waals surface area contributed by atoms with Gasteiger partial charge in [0, 0.05) is 25.5 Å². The number of aromatic nitrogens is 3. The maximum absolute atomic E-state index is 14.4. The average Bonchev–Trinajstić information content (AvgIpc) is 3.17. The summed E-state index contributed by atoms with van der Waals surface area (Å²) in [6.07, 6.45) is 2.54. The molecule has 3 N–H and O–H groups in total. The summed E-state index contributed by atoms with van der Waals surface area (Å²) in [6.45, 7) is -0.219. The van der Waals surface area contributed by atoms with Gasteiger partial charge in [-0.2, -0.15) is 8.78 Å². The van der Waals surface area contributed by atoms with Crippen molar-refractivity contribution >= 4 is 28.9 Å². The SMILES string of the molecule is Nc1ccc(-c2cccs2)nc1NC(=O)N1CC(C(F)(F)c2ncccn2)C1. The van der Waals surface area contributed by atoms with Crippen LogP contribution in [0.3, 0.4) is 0 Å². The Balaban J connectivity index is 1.42. The molecule has 28 heavy (non-hydrogen) atoms. The highest BCUT2D eigenvalue weighted by Crippen LogP contribution is 2.39. The van der Waals surface area contributed by atoms with Crippen molar-refractivity contribution in [3.63, 3.8) is 0 Å². The smallest absolute Gasteiger partial charge is 0.323 e. The number of rotatable bonds is 4. The number of urea groups is 1. The molecule has 1 aliphatic rings.